The van der Waals surface area contributed by atoms with Crippen molar-refractivity contribution in [2.75, 3.05) is 0 Å². The van der Waals surface area contributed by atoms with E-state index in [2.05, 4.69) is 19.2 Å². The van der Waals surface area contributed by atoms with Crippen molar-refractivity contribution in [2.45, 2.75) is 45.8 Å². The fourth-order valence-corrected chi connectivity index (χ4v) is 4.55. The summed E-state index contributed by atoms with van der Waals surface area (Å²) in [6, 6.07) is 6.27. The summed E-state index contributed by atoms with van der Waals surface area (Å²) in [7, 11) is 0. The molecule has 1 amide bonds. The van der Waals surface area contributed by atoms with Gasteiger partial charge in [-0.15, -0.1) is 0 Å². The first kappa shape index (κ1) is 16.7. The van der Waals surface area contributed by atoms with Crippen LogP contribution in [0.1, 0.15) is 38.7 Å². The SMILES string of the molecule is CC(C)[C@H]1C(NC(=O)OCc2ccc([N+](=O)[O-])cc2)[C@@H]2CC[C@H]1C2. The van der Waals surface area contributed by atoms with Crippen molar-refractivity contribution in [1.82, 2.24) is 5.32 Å². The third-order valence-corrected chi connectivity index (χ3v) is 5.55. The number of carbonyl (C=O) groups is 1. The Labute approximate surface area is 141 Å². The van der Waals surface area contributed by atoms with Crippen LogP contribution in [0.15, 0.2) is 24.3 Å². The van der Waals surface area contributed by atoms with E-state index in [4.69, 9.17) is 4.74 Å². The van der Waals surface area contributed by atoms with Crippen molar-refractivity contribution in [2.24, 2.45) is 23.7 Å². The summed E-state index contributed by atoms with van der Waals surface area (Å²) in [5, 5.41) is 13.7. The number of hydrogen-bond acceptors (Lipinski definition) is 4. The van der Waals surface area contributed by atoms with Crippen molar-refractivity contribution in [1.29, 1.82) is 0 Å². The molecule has 130 valence electrons. The van der Waals surface area contributed by atoms with Gasteiger partial charge in [0.2, 0.25) is 0 Å². The zero-order chi connectivity index (χ0) is 17.3. The van der Waals surface area contributed by atoms with Gasteiger partial charge in [-0.25, -0.2) is 4.79 Å². The molecule has 2 aliphatic rings. The van der Waals surface area contributed by atoms with Crippen LogP contribution in [0.4, 0.5) is 10.5 Å². The summed E-state index contributed by atoms with van der Waals surface area (Å²) in [5.74, 6) is 2.40. The largest absolute Gasteiger partial charge is 0.445 e. The number of nitro groups is 1. The van der Waals surface area contributed by atoms with Gasteiger partial charge in [0.15, 0.2) is 0 Å². The fraction of sp³-hybridized carbons (Fsp3) is 0.611. The Balaban J connectivity index is 1.53. The number of nitro benzene ring substituents is 1. The van der Waals surface area contributed by atoms with Crippen LogP contribution in [-0.2, 0) is 11.3 Å². The van der Waals surface area contributed by atoms with Crippen LogP contribution in [-0.4, -0.2) is 17.1 Å². The Hall–Kier alpha value is -2.11. The molecule has 2 aliphatic carbocycles. The minimum absolute atomic E-state index is 0.0324. The van der Waals surface area contributed by atoms with E-state index in [1.807, 2.05) is 0 Å². The van der Waals surface area contributed by atoms with E-state index in [1.54, 1.807) is 12.1 Å². The van der Waals surface area contributed by atoms with E-state index >= 15 is 0 Å². The first-order valence-corrected chi connectivity index (χ1v) is 8.62. The molecule has 0 radical (unpaired) electrons. The van der Waals surface area contributed by atoms with Crippen molar-refractivity contribution in [3.05, 3.63) is 39.9 Å². The van der Waals surface area contributed by atoms with Crippen molar-refractivity contribution in [3.8, 4) is 0 Å². The lowest BCUT2D eigenvalue weighted by Crippen LogP contribution is -2.45. The topological polar surface area (TPSA) is 81.5 Å². The average Bonchev–Trinajstić information content (AvgIpc) is 3.14. The number of amides is 1. The first-order chi connectivity index (χ1) is 11.5. The molecule has 6 nitrogen and oxygen atoms in total. The van der Waals surface area contributed by atoms with E-state index in [1.165, 1.54) is 31.4 Å². The molecule has 3 rings (SSSR count). The summed E-state index contributed by atoms with van der Waals surface area (Å²) in [4.78, 5) is 22.3. The molecule has 6 heteroatoms. The van der Waals surface area contributed by atoms with Gasteiger partial charge in [-0.3, -0.25) is 10.1 Å². The summed E-state index contributed by atoms with van der Waals surface area (Å²) in [6.07, 6.45) is 3.30. The highest BCUT2D eigenvalue weighted by molar-refractivity contribution is 5.67. The molecule has 2 bridgehead atoms. The second kappa shape index (κ2) is 6.79. The van der Waals surface area contributed by atoms with Gasteiger partial charge in [0, 0.05) is 18.2 Å². The Morgan fingerprint density at radius 2 is 1.96 bits per heavy atom. The van der Waals surface area contributed by atoms with Gasteiger partial charge >= 0.3 is 6.09 Å². The molecule has 0 spiro atoms. The number of carbonyl (C=O) groups excluding carboxylic acids is 1. The third-order valence-electron chi connectivity index (χ3n) is 5.55. The molecule has 2 fully saturated rings. The molecule has 24 heavy (non-hydrogen) atoms. The van der Waals surface area contributed by atoms with Crippen LogP contribution in [0.5, 0.6) is 0 Å². The molecule has 4 atom stereocenters. The Kier molecular flexibility index (Phi) is 4.73. The van der Waals surface area contributed by atoms with Gasteiger partial charge in [-0.05, 0) is 60.6 Å². The minimum atomic E-state index is -0.446. The highest BCUT2D eigenvalue weighted by atomic mass is 16.6. The first-order valence-electron chi connectivity index (χ1n) is 8.62. The monoisotopic (exact) mass is 332 g/mol. The maximum atomic E-state index is 12.2. The maximum absolute atomic E-state index is 12.2. The van der Waals surface area contributed by atoms with Gasteiger partial charge in [-0.2, -0.15) is 0 Å². The number of benzene rings is 1. The predicted octanol–water partition coefficient (Wildman–Crippen LogP) is 3.89. The molecule has 0 saturated heterocycles. The van der Waals surface area contributed by atoms with Gasteiger partial charge in [-0.1, -0.05) is 13.8 Å². The second-order valence-electron chi connectivity index (χ2n) is 7.32. The number of nitrogens with zero attached hydrogens (tertiary/aromatic N) is 1. The molecular weight excluding hydrogens is 308 g/mol. The smallest absolute Gasteiger partial charge is 0.407 e. The van der Waals surface area contributed by atoms with E-state index in [-0.39, 0.29) is 18.3 Å². The number of non-ortho nitro benzene ring substituents is 1. The molecule has 2 saturated carbocycles. The van der Waals surface area contributed by atoms with Crippen molar-refractivity contribution >= 4 is 11.8 Å². The average molecular weight is 332 g/mol. The highest BCUT2D eigenvalue weighted by Crippen LogP contribution is 2.51. The van der Waals surface area contributed by atoms with Crippen LogP contribution >= 0.6 is 0 Å². The molecule has 0 aromatic heterocycles. The van der Waals surface area contributed by atoms with E-state index < -0.39 is 11.0 Å². The quantitative estimate of drug-likeness (QED) is 0.655. The number of hydrogen-bond donors (Lipinski definition) is 1. The fourth-order valence-electron chi connectivity index (χ4n) is 4.55. The lowest BCUT2D eigenvalue weighted by molar-refractivity contribution is -0.384. The lowest BCUT2D eigenvalue weighted by Gasteiger charge is -2.34. The Morgan fingerprint density at radius 1 is 1.29 bits per heavy atom. The minimum Gasteiger partial charge on any atom is -0.445 e. The van der Waals surface area contributed by atoms with Gasteiger partial charge in [0.05, 0.1) is 4.92 Å². The number of alkyl carbamates (subject to hydrolysis) is 1. The van der Waals surface area contributed by atoms with Crippen LogP contribution < -0.4 is 5.32 Å². The summed E-state index contributed by atoms with van der Waals surface area (Å²) in [6.45, 7) is 4.57. The van der Waals surface area contributed by atoms with Crippen molar-refractivity contribution in [3.63, 3.8) is 0 Å². The van der Waals surface area contributed by atoms with Crippen LogP contribution in [0.25, 0.3) is 0 Å². The Bertz CT molecular complexity index is 614. The molecular formula is C18H24N2O4. The molecule has 0 heterocycles. The summed E-state index contributed by atoms with van der Waals surface area (Å²) in [5.41, 5.74) is 0.772. The van der Waals surface area contributed by atoms with Crippen LogP contribution in [0, 0.1) is 33.8 Å². The number of rotatable bonds is 5. The molecule has 1 aromatic rings. The zero-order valence-corrected chi connectivity index (χ0v) is 14.1. The van der Waals surface area contributed by atoms with Crippen molar-refractivity contribution < 1.29 is 14.5 Å². The lowest BCUT2D eigenvalue weighted by atomic mass is 9.77. The molecule has 1 N–H and O–H groups in total. The third kappa shape index (κ3) is 3.37. The van der Waals surface area contributed by atoms with E-state index in [0.717, 1.165) is 11.5 Å². The summed E-state index contributed by atoms with van der Waals surface area (Å²) < 4.78 is 5.31. The molecule has 1 aromatic carbocycles. The van der Waals surface area contributed by atoms with Crippen LogP contribution in [0.2, 0.25) is 0 Å². The number of nitrogens with one attached hydrogen (secondary N) is 1. The van der Waals surface area contributed by atoms with E-state index in [9.17, 15) is 14.9 Å². The molecule has 0 aliphatic heterocycles. The van der Waals surface area contributed by atoms with E-state index in [0.29, 0.717) is 17.8 Å². The van der Waals surface area contributed by atoms with Gasteiger partial charge < -0.3 is 10.1 Å². The maximum Gasteiger partial charge on any atom is 0.407 e. The van der Waals surface area contributed by atoms with Gasteiger partial charge in [0.25, 0.3) is 5.69 Å². The van der Waals surface area contributed by atoms with Gasteiger partial charge in [0.1, 0.15) is 6.61 Å². The van der Waals surface area contributed by atoms with Crippen LogP contribution in [0.3, 0.4) is 0 Å². The molecule has 1 unspecified atom stereocenters. The number of ether oxygens (including phenoxy) is 1. The zero-order valence-electron chi connectivity index (χ0n) is 14.1. The standard InChI is InChI=1S/C18H24N2O4/c1-11(2)16-13-5-6-14(9-13)17(16)19-18(21)24-10-12-3-7-15(8-4-12)20(22)23/h3-4,7-8,11,13-14,16-17H,5-6,9-10H2,1-2H3,(H,19,21)/t13-,14+,16+,17?/m0/s1. The second-order valence-corrected chi connectivity index (χ2v) is 7.32. The Morgan fingerprint density at radius 3 is 2.58 bits per heavy atom. The number of fused-ring (bicyclic) bond motifs is 2. The summed E-state index contributed by atoms with van der Waals surface area (Å²) >= 11 is 0. The highest BCUT2D eigenvalue weighted by Gasteiger charge is 2.49. The predicted molar refractivity (Wildman–Crippen MR) is 89.4 cm³/mol. The normalized spacial score (nSPS) is 28.1.